The van der Waals surface area contributed by atoms with E-state index in [0.717, 1.165) is 31.5 Å². The highest BCUT2D eigenvalue weighted by atomic mass is 16.5. The topological polar surface area (TPSA) is 79.4 Å². The molecule has 1 aromatic heterocycles. The molecule has 2 N–H and O–H groups in total. The van der Waals surface area contributed by atoms with Crippen molar-refractivity contribution < 1.29 is 9.53 Å². The van der Waals surface area contributed by atoms with E-state index in [1.54, 1.807) is 30.3 Å². The molecule has 3 aromatic rings. The molecule has 172 valence electrons. The van der Waals surface area contributed by atoms with Gasteiger partial charge in [0.2, 0.25) is 5.95 Å². The molecule has 0 spiro atoms. The van der Waals surface area contributed by atoms with Crippen molar-refractivity contribution in [1.29, 1.82) is 0 Å². The zero-order valence-electron chi connectivity index (χ0n) is 19.2. The maximum atomic E-state index is 13.6. The number of ether oxygens (including phenoxy) is 1. The van der Waals surface area contributed by atoms with E-state index in [2.05, 4.69) is 34.7 Å². The van der Waals surface area contributed by atoms with Crippen LogP contribution < -0.4 is 20.3 Å². The number of benzene rings is 2. The Bertz CT molecular complexity index is 1050. The number of piperidine rings is 1. The number of hydrogen-bond acceptors (Lipinski definition) is 6. The Morgan fingerprint density at radius 2 is 1.94 bits per heavy atom. The number of nitrogens with zero attached hydrogens (tertiary/aromatic N) is 3. The number of amides is 1. The van der Waals surface area contributed by atoms with Crippen molar-refractivity contribution >= 4 is 17.7 Å². The van der Waals surface area contributed by atoms with Crippen LogP contribution in [0, 0.1) is 5.92 Å². The van der Waals surface area contributed by atoms with Crippen LogP contribution in [0.3, 0.4) is 0 Å². The number of anilines is 2. The van der Waals surface area contributed by atoms with Crippen LogP contribution in [-0.2, 0) is 0 Å². The fraction of sp³-hybridized carbons (Fsp3) is 0.346. The van der Waals surface area contributed by atoms with Gasteiger partial charge < -0.3 is 15.4 Å². The van der Waals surface area contributed by atoms with E-state index in [9.17, 15) is 4.79 Å². The molecule has 0 saturated carbocycles. The summed E-state index contributed by atoms with van der Waals surface area (Å²) in [5.41, 5.74) is 1.72. The lowest BCUT2D eigenvalue weighted by Gasteiger charge is -2.30. The predicted octanol–water partition coefficient (Wildman–Crippen LogP) is 4.30. The van der Waals surface area contributed by atoms with Gasteiger partial charge in [0.15, 0.2) is 0 Å². The van der Waals surface area contributed by atoms with Gasteiger partial charge in [-0.25, -0.2) is 4.98 Å². The first-order valence-electron chi connectivity index (χ1n) is 11.4. The van der Waals surface area contributed by atoms with Crippen LogP contribution in [0.1, 0.15) is 41.7 Å². The first kappa shape index (κ1) is 22.7. The van der Waals surface area contributed by atoms with E-state index in [-0.39, 0.29) is 11.9 Å². The van der Waals surface area contributed by atoms with Gasteiger partial charge in [-0.1, -0.05) is 36.4 Å². The number of methoxy groups -OCH3 is 1. The highest BCUT2D eigenvalue weighted by Gasteiger charge is 2.25. The van der Waals surface area contributed by atoms with Crippen LogP contribution in [0.15, 0.2) is 66.9 Å². The number of hydrogen-bond donors (Lipinski definition) is 2. The van der Waals surface area contributed by atoms with Gasteiger partial charge in [-0.3, -0.25) is 9.69 Å². The number of aromatic nitrogens is 2. The Balaban J connectivity index is 1.60. The molecule has 0 bridgehead atoms. The molecule has 0 unspecified atom stereocenters. The second-order valence-electron chi connectivity index (χ2n) is 8.36. The molecule has 33 heavy (non-hydrogen) atoms. The third kappa shape index (κ3) is 5.87. The van der Waals surface area contributed by atoms with Gasteiger partial charge in [-0.05, 0) is 68.6 Å². The number of carbonyl (C=O) groups is 1. The molecule has 7 heteroatoms. The Morgan fingerprint density at radius 3 is 2.70 bits per heavy atom. The Hall–Kier alpha value is -3.45. The largest absolute Gasteiger partial charge is 0.497 e. The number of carbonyl (C=O) groups excluding carboxylic acids is 1. The summed E-state index contributed by atoms with van der Waals surface area (Å²) in [5, 5.41) is 6.76. The minimum Gasteiger partial charge on any atom is -0.497 e. The first-order chi connectivity index (χ1) is 16.1. The molecule has 1 aliphatic rings. The van der Waals surface area contributed by atoms with Crippen molar-refractivity contribution in [2.45, 2.75) is 25.8 Å². The van der Waals surface area contributed by atoms with E-state index in [1.807, 2.05) is 36.4 Å². The van der Waals surface area contributed by atoms with Crippen molar-refractivity contribution in [2.24, 2.45) is 5.92 Å². The molecule has 1 amide bonds. The highest BCUT2D eigenvalue weighted by molar-refractivity contribution is 6.05. The lowest BCUT2D eigenvalue weighted by atomic mass is 9.97. The number of rotatable bonds is 8. The molecule has 2 heterocycles. The molecule has 1 saturated heterocycles. The molecule has 1 atom stereocenters. The van der Waals surface area contributed by atoms with Crippen LogP contribution >= 0.6 is 0 Å². The van der Waals surface area contributed by atoms with Gasteiger partial charge in [-0.15, -0.1) is 0 Å². The second kappa shape index (κ2) is 10.9. The predicted molar refractivity (Wildman–Crippen MR) is 131 cm³/mol. The van der Waals surface area contributed by atoms with E-state index < -0.39 is 0 Å². The van der Waals surface area contributed by atoms with Gasteiger partial charge in [0.05, 0.1) is 13.2 Å². The quantitative estimate of drug-likeness (QED) is 0.538. The maximum absolute atomic E-state index is 13.6. The molecular weight excluding hydrogens is 414 g/mol. The molecule has 1 fully saturated rings. The molecule has 1 aliphatic heterocycles. The SMILES string of the molecule is COc1cccc(C(=O)N(CC2CCNCC2)c2ccnc(N[C@@H](C)c3ccccc3)n2)c1. The fourth-order valence-electron chi connectivity index (χ4n) is 4.10. The zero-order valence-corrected chi connectivity index (χ0v) is 19.2. The summed E-state index contributed by atoms with van der Waals surface area (Å²) in [4.78, 5) is 24.5. The molecular formula is C26H31N5O2. The molecule has 4 rings (SSSR count). The minimum atomic E-state index is -0.0896. The fourth-order valence-corrected chi connectivity index (χ4v) is 4.10. The summed E-state index contributed by atoms with van der Waals surface area (Å²) in [6.45, 7) is 4.62. The monoisotopic (exact) mass is 445 g/mol. The van der Waals surface area contributed by atoms with Gasteiger partial charge in [0, 0.05) is 18.3 Å². The van der Waals surface area contributed by atoms with Crippen LogP contribution in [0.5, 0.6) is 5.75 Å². The van der Waals surface area contributed by atoms with Crippen molar-refractivity contribution in [2.75, 3.05) is 37.0 Å². The van der Waals surface area contributed by atoms with E-state index in [1.165, 1.54) is 0 Å². The number of nitrogens with one attached hydrogen (secondary N) is 2. The smallest absolute Gasteiger partial charge is 0.259 e. The summed E-state index contributed by atoms with van der Waals surface area (Å²) in [6.07, 6.45) is 3.77. The summed E-state index contributed by atoms with van der Waals surface area (Å²) < 4.78 is 5.33. The Labute approximate surface area is 195 Å². The van der Waals surface area contributed by atoms with Crippen LogP contribution in [0.2, 0.25) is 0 Å². The summed E-state index contributed by atoms with van der Waals surface area (Å²) in [7, 11) is 1.60. The van der Waals surface area contributed by atoms with E-state index >= 15 is 0 Å². The van der Waals surface area contributed by atoms with Crippen LogP contribution in [0.25, 0.3) is 0 Å². The Kier molecular flexibility index (Phi) is 7.52. The third-order valence-corrected chi connectivity index (χ3v) is 6.02. The van der Waals surface area contributed by atoms with Gasteiger partial charge in [0.25, 0.3) is 5.91 Å². The normalized spacial score (nSPS) is 15.0. The van der Waals surface area contributed by atoms with Crippen molar-refractivity contribution in [3.8, 4) is 5.75 Å². The zero-order chi connectivity index (χ0) is 23.0. The van der Waals surface area contributed by atoms with E-state index in [0.29, 0.717) is 35.5 Å². The average molecular weight is 446 g/mol. The summed E-state index contributed by atoms with van der Waals surface area (Å²) in [6, 6.07) is 19.3. The Morgan fingerprint density at radius 1 is 1.15 bits per heavy atom. The maximum Gasteiger partial charge on any atom is 0.259 e. The summed E-state index contributed by atoms with van der Waals surface area (Å²) >= 11 is 0. The molecule has 0 aliphatic carbocycles. The van der Waals surface area contributed by atoms with Crippen molar-refractivity contribution in [3.05, 3.63) is 78.0 Å². The van der Waals surface area contributed by atoms with E-state index in [4.69, 9.17) is 9.72 Å². The lowest BCUT2D eigenvalue weighted by Crippen LogP contribution is -2.40. The minimum absolute atomic E-state index is 0.0356. The highest BCUT2D eigenvalue weighted by Crippen LogP contribution is 2.24. The van der Waals surface area contributed by atoms with Gasteiger partial charge in [0.1, 0.15) is 11.6 Å². The van der Waals surface area contributed by atoms with Crippen molar-refractivity contribution in [1.82, 2.24) is 15.3 Å². The average Bonchev–Trinajstić information content (AvgIpc) is 2.88. The van der Waals surface area contributed by atoms with Gasteiger partial charge in [-0.2, -0.15) is 4.98 Å². The standard InChI is InChI=1S/C26H31N5O2/c1-19(21-7-4-3-5-8-21)29-26-28-16-13-24(30-26)31(18-20-11-14-27-15-12-20)25(32)22-9-6-10-23(17-22)33-2/h3-10,13,16-17,19-20,27H,11-12,14-15,18H2,1-2H3,(H,28,29,30)/t19-/m0/s1. The second-order valence-corrected chi connectivity index (χ2v) is 8.36. The first-order valence-corrected chi connectivity index (χ1v) is 11.4. The lowest BCUT2D eigenvalue weighted by molar-refractivity contribution is 0.0979. The van der Waals surface area contributed by atoms with Crippen molar-refractivity contribution in [3.63, 3.8) is 0 Å². The molecule has 0 radical (unpaired) electrons. The van der Waals surface area contributed by atoms with Crippen LogP contribution in [-0.4, -0.2) is 42.6 Å². The summed E-state index contributed by atoms with van der Waals surface area (Å²) in [5.74, 6) is 2.07. The van der Waals surface area contributed by atoms with Gasteiger partial charge >= 0.3 is 0 Å². The third-order valence-electron chi connectivity index (χ3n) is 6.02. The molecule has 2 aromatic carbocycles. The molecule has 7 nitrogen and oxygen atoms in total. The van der Waals surface area contributed by atoms with Crippen LogP contribution in [0.4, 0.5) is 11.8 Å².